The highest BCUT2D eigenvalue weighted by atomic mass is 19.1. The number of hydrogen-bond acceptors (Lipinski definition) is 3. The average Bonchev–Trinajstić information content (AvgIpc) is 2.69. The smallest absolute Gasteiger partial charge is 0.125 e. The minimum Gasteiger partial charge on any atom is -0.356 e. The number of nitrogens with one attached hydrogen (secondary N) is 1. The van der Waals surface area contributed by atoms with Gasteiger partial charge in [-0.25, -0.2) is 9.38 Å². The lowest BCUT2D eigenvalue weighted by Gasteiger charge is -2.20. The van der Waals surface area contributed by atoms with Crippen molar-refractivity contribution in [2.75, 3.05) is 5.32 Å². The Morgan fingerprint density at radius 3 is 2.55 bits per heavy atom. The lowest BCUT2D eigenvalue weighted by Crippen LogP contribution is -2.13. The number of hydrogen-bond donors (Lipinski definition) is 1. The van der Waals surface area contributed by atoms with Crippen LogP contribution in [0.5, 0.6) is 0 Å². The minimum absolute atomic E-state index is 0.297. The van der Waals surface area contributed by atoms with Crippen molar-refractivity contribution >= 4 is 17.1 Å². The van der Waals surface area contributed by atoms with Crippen molar-refractivity contribution in [2.24, 2.45) is 4.99 Å². The SMILES string of the molecule is C=C(Nc1cccc(F)c1)/C(C)=C1\C=C(C)C=C(C)C1=NC(=C)c1ccccn1. The summed E-state index contributed by atoms with van der Waals surface area (Å²) in [5.41, 5.74) is 7.51. The van der Waals surface area contributed by atoms with Crippen LogP contribution in [0, 0.1) is 5.82 Å². The summed E-state index contributed by atoms with van der Waals surface area (Å²) in [4.78, 5) is 9.12. The van der Waals surface area contributed by atoms with Crippen LogP contribution in [0.25, 0.3) is 5.70 Å². The Balaban J connectivity index is 1.98. The molecule has 0 saturated heterocycles. The molecular weight excluding hydrogens is 361 g/mol. The van der Waals surface area contributed by atoms with Gasteiger partial charge in [0.25, 0.3) is 0 Å². The van der Waals surface area contributed by atoms with Crippen LogP contribution >= 0.6 is 0 Å². The van der Waals surface area contributed by atoms with E-state index in [0.29, 0.717) is 17.1 Å². The van der Waals surface area contributed by atoms with Gasteiger partial charge in [-0.1, -0.05) is 36.9 Å². The molecule has 0 saturated carbocycles. The Bertz CT molecular complexity index is 1090. The summed E-state index contributed by atoms with van der Waals surface area (Å²) < 4.78 is 13.5. The first-order valence-electron chi connectivity index (χ1n) is 9.34. The first-order valence-corrected chi connectivity index (χ1v) is 9.34. The van der Waals surface area contributed by atoms with Gasteiger partial charge in [-0.2, -0.15) is 0 Å². The summed E-state index contributed by atoms with van der Waals surface area (Å²) in [6, 6.07) is 12.0. The van der Waals surface area contributed by atoms with Crippen LogP contribution < -0.4 is 5.32 Å². The Morgan fingerprint density at radius 2 is 1.86 bits per heavy atom. The number of benzene rings is 1. The molecule has 29 heavy (non-hydrogen) atoms. The van der Waals surface area contributed by atoms with Gasteiger partial charge in [0.05, 0.1) is 17.1 Å². The van der Waals surface area contributed by atoms with Gasteiger partial charge in [0, 0.05) is 23.2 Å². The molecule has 3 rings (SSSR count). The third-order valence-corrected chi connectivity index (χ3v) is 4.63. The molecule has 1 aromatic heterocycles. The van der Waals surface area contributed by atoms with Crippen LogP contribution in [0.4, 0.5) is 10.1 Å². The molecule has 1 aliphatic rings. The molecule has 0 amide bonds. The zero-order chi connectivity index (χ0) is 21.0. The number of rotatable bonds is 5. The lowest BCUT2D eigenvalue weighted by atomic mass is 9.90. The summed E-state index contributed by atoms with van der Waals surface area (Å²) in [5, 5.41) is 3.18. The maximum atomic E-state index is 13.5. The van der Waals surface area contributed by atoms with E-state index < -0.39 is 0 Å². The fourth-order valence-corrected chi connectivity index (χ4v) is 3.12. The van der Waals surface area contributed by atoms with Crippen LogP contribution in [0.15, 0.2) is 107 Å². The number of halogens is 1. The zero-order valence-electron chi connectivity index (χ0n) is 17.0. The van der Waals surface area contributed by atoms with Gasteiger partial charge in [0.15, 0.2) is 0 Å². The van der Waals surface area contributed by atoms with E-state index in [1.165, 1.54) is 12.1 Å². The molecule has 0 aliphatic heterocycles. The molecule has 1 aliphatic carbocycles. The van der Waals surface area contributed by atoms with Gasteiger partial charge in [0.2, 0.25) is 0 Å². The second kappa shape index (κ2) is 8.65. The summed E-state index contributed by atoms with van der Waals surface area (Å²) in [5.74, 6) is -0.297. The van der Waals surface area contributed by atoms with Gasteiger partial charge in [-0.05, 0) is 68.3 Å². The van der Waals surface area contributed by atoms with Crippen molar-refractivity contribution < 1.29 is 4.39 Å². The molecule has 0 spiro atoms. The summed E-state index contributed by atoms with van der Waals surface area (Å²) in [6.07, 6.45) is 5.89. The van der Waals surface area contributed by atoms with E-state index in [1.54, 1.807) is 18.3 Å². The normalized spacial score (nSPS) is 16.8. The second-order valence-electron chi connectivity index (χ2n) is 6.99. The molecule has 0 bridgehead atoms. The van der Waals surface area contributed by atoms with Crippen LogP contribution in [0.3, 0.4) is 0 Å². The number of allylic oxidation sites excluding steroid dienone is 6. The van der Waals surface area contributed by atoms with Gasteiger partial charge in [0.1, 0.15) is 5.82 Å². The second-order valence-corrected chi connectivity index (χ2v) is 6.99. The molecule has 4 heteroatoms. The van der Waals surface area contributed by atoms with Crippen molar-refractivity contribution in [1.29, 1.82) is 0 Å². The van der Waals surface area contributed by atoms with E-state index in [9.17, 15) is 4.39 Å². The third kappa shape index (κ3) is 4.85. The predicted molar refractivity (Wildman–Crippen MR) is 120 cm³/mol. The molecule has 1 aromatic carbocycles. The molecule has 1 heterocycles. The van der Waals surface area contributed by atoms with Crippen molar-refractivity contribution in [3.63, 3.8) is 0 Å². The Morgan fingerprint density at radius 1 is 1.07 bits per heavy atom. The Hall–Kier alpha value is -3.53. The first kappa shape index (κ1) is 20.2. The van der Waals surface area contributed by atoms with Gasteiger partial charge in [-0.15, -0.1) is 0 Å². The van der Waals surface area contributed by atoms with Crippen LogP contribution in [-0.4, -0.2) is 10.7 Å². The molecule has 0 atom stereocenters. The minimum atomic E-state index is -0.297. The van der Waals surface area contributed by atoms with Crippen molar-refractivity contribution in [2.45, 2.75) is 20.8 Å². The molecular formula is C25H24FN3. The van der Waals surface area contributed by atoms with Gasteiger partial charge >= 0.3 is 0 Å². The third-order valence-electron chi connectivity index (χ3n) is 4.63. The first-order chi connectivity index (χ1) is 13.8. The predicted octanol–water partition coefficient (Wildman–Crippen LogP) is 6.48. The summed E-state index contributed by atoms with van der Waals surface area (Å²) in [7, 11) is 0. The van der Waals surface area contributed by atoms with Crippen LogP contribution in [0.1, 0.15) is 26.5 Å². The molecule has 2 aromatic rings. The van der Waals surface area contributed by atoms with E-state index in [0.717, 1.165) is 33.7 Å². The molecule has 0 fully saturated rings. The largest absolute Gasteiger partial charge is 0.356 e. The lowest BCUT2D eigenvalue weighted by molar-refractivity contribution is 0.628. The number of aromatic nitrogens is 1. The van der Waals surface area contributed by atoms with Crippen molar-refractivity contribution in [1.82, 2.24) is 4.98 Å². The van der Waals surface area contributed by atoms with Crippen LogP contribution in [0.2, 0.25) is 0 Å². The Labute approximate surface area is 171 Å². The zero-order valence-corrected chi connectivity index (χ0v) is 17.0. The van der Waals surface area contributed by atoms with Crippen LogP contribution in [-0.2, 0) is 0 Å². The number of aliphatic imine (C=N–C) groups is 1. The standard InChI is InChI=1S/C25H24FN3/c1-16-13-17(2)25(29-20(5)24-11-6-7-12-27-24)23(14-16)18(3)19(4)28-22-10-8-9-21(26)15-22/h6-15,28H,4-5H2,1-3H3/b23-18+,29-25?. The van der Waals surface area contributed by atoms with E-state index in [-0.39, 0.29) is 5.82 Å². The Kier molecular flexibility index (Phi) is 6.03. The maximum absolute atomic E-state index is 13.5. The molecule has 146 valence electrons. The molecule has 0 unspecified atom stereocenters. The van der Waals surface area contributed by atoms with E-state index in [4.69, 9.17) is 4.99 Å². The van der Waals surface area contributed by atoms with Crippen molar-refractivity contribution in [3.8, 4) is 0 Å². The highest BCUT2D eigenvalue weighted by Gasteiger charge is 2.17. The van der Waals surface area contributed by atoms with E-state index in [2.05, 4.69) is 35.6 Å². The topological polar surface area (TPSA) is 37.3 Å². The number of anilines is 1. The summed E-state index contributed by atoms with van der Waals surface area (Å²) in [6.45, 7) is 14.3. The quantitative estimate of drug-likeness (QED) is 0.639. The highest BCUT2D eigenvalue weighted by Crippen LogP contribution is 2.28. The maximum Gasteiger partial charge on any atom is 0.125 e. The molecule has 1 N–H and O–H groups in total. The van der Waals surface area contributed by atoms with E-state index >= 15 is 0 Å². The van der Waals surface area contributed by atoms with Gasteiger partial charge in [-0.3, -0.25) is 4.98 Å². The number of pyridine rings is 1. The molecule has 0 radical (unpaired) electrons. The molecule has 3 nitrogen and oxygen atoms in total. The van der Waals surface area contributed by atoms with Gasteiger partial charge < -0.3 is 5.32 Å². The fourth-order valence-electron chi connectivity index (χ4n) is 3.12. The van der Waals surface area contributed by atoms with Crippen molar-refractivity contribution in [3.05, 3.63) is 113 Å². The monoisotopic (exact) mass is 385 g/mol. The summed E-state index contributed by atoms with van der Waals surface area (Å²) >= 11 is 0. The number of nitrogens with zero attached hydrogens (tertiary/aromatic N) is 2. The fraction of sp³-hybridized carbons (Fsp3) is 0.120. The highest BCUT2D eigenvalue weighted by molar-refractivity contribution is 6.17. The van der Waals surface area contributed by atoms with E-state index in [1.807, 2.05) is 39.0 Å². The average molecular weight is 385 g/mol.